The van der Waals surface area contributed by atoms with E-state index in [-0.39, 0.29) is 11.7 Å². The van der Waals surface area contributed by atoms with E-state index in [2.05, 4.69) is 6.58 Å². The van der Waals surface area contributed by atoms with Crippen LogP contribution in [0, 0.1) is 11.8 Å². The maximum absolute atomic E-state index is 10.9. The van der Waals surface area contributed by atoms with Crippen molar-refractivity contribution < 1.29 is 4.79 Å². The van der Waals surface area contributed by atoms with Crippen LogP contribution in [0.5, 0.6) is 0 Å². The van der Waals surface area contributed by atoms with Crippen molar-refractivity contribution in [3.8, 4) is 0 Å². The molecule has 0 heterocycles. The summed E-state index contributed by atoms with van der Waals surface area (Å²) in [6, 6.07) is 0. The van der Waals surface area contributed by atoms with Crippen molar-refractivity contribution in [2.45, 2.75) is 27.2 Å². The first-order chi connectivity index (χ1) is 4.63. The fraction of sp³-hybridized carbons (Fsp3) is 0.667. The summed E-state index contributed by atoms with van der Waals surface area (Å²) in [5, 5.41) is 0. The van der Waals surface area contributed by atoms with Gasteiger partial charge in [-0.1, -0.05) is 19.9 Å². The molecule has 1 heteroatoms. The standard InChI is InChI=1S/C9H16O/c1-5-7(3)9(6-2)8(4)10/h5,7,9H,1,6H2,2-4H3/t7-,9+/m0/s1. The van der Waals surface area contributed by atoms with E-state index in [1.54, 1.807) is 6.92 Å². The summed E-state index contributed by atoms with van der Waals surface area (Å²) < 4.78 is 0. The van der Waals surface area contributed by atoms with Crippen LogP contribution in [-0.2, 0) is 4.79 Å². The highest BCUT2D eigenvalue weighted by Gasteiger charge is 2.16. The van der Waals surface area contributed by atoms with E-state index >= 15 is 0 Å². The first-order valence-corrected chi connectivity index (χ1v) is 3.76. The number of carbonyl (C=O) groups is 1. The Kier molecular flexibility index (Phi) is 4.01. The van der Waals surface area contributed by atoms with Crippen molar-refractivity contribution in [2.24, 2.45) is 11.8 Å². The minimum absolute atomic E-state index is 0.178. The molecule has 0 fully saturated rings. The Labute approximate surface area is 63.1 Å². The third kappa shape index (κ3) is 2.34. The summed E-state index contributed by atoms with van der Waals surface area (Å²) in [4.78, 5) is 10.9. The number of ketones is 1. The lowest BCUT2D eigenvalue weighted by molar-refractivity contribution is -0.121. The molecular weight excluding hydrogens is 124 g/mol. The van der Waals surface area contributed by atoms with Crippen LogP contribution in [0.4, 0.5) is 0 Å². The van der Waals surface area contributed by atoms with Gasteiger partial charge in [-0.3, -0.25) is 4.79 Å². The zero-order chi connectivity index (χ0) is 8.15. The summed E-state index contributed by atoms with van der Waals surface area (Å²) in [7, 11) is 0. The van der Waals surface area contributed by atoms with Crippen LogP contribution in [0.1, 0.15) is 27.2 Å². The van der Waals surface area contributed by atoms with Crippen molar-refractivity contribution in [2.75, 3.05) is 0 Å². The molecule has 0 aliphatic rings. The molecular formula is C9H16O. The molecule has 10 heavy (non-hydrogen) atoms. The molecule has 0 aliphatic carbocycles. The Bertz CT molecular complexity index is 127. The van der Waals surface area contributed by atoms with Crippen LogP contribution in [0.3, 0.4) is 0 Å². The number of hydrogen-bond acceptors (Lipinski definition) is 1. The maximum Gasteiger partial charge on any atom is 0.133 e. The normalized spacial score (nSPS) is 15.9. The van der Waals surface area contributed by atoms with Crippen molar-refractivity contribution in [1.82, 2.24) is 0 Å². The highest BCUT2D eigenvalue weighted by Crippen LogP contribution is 2.16. The Morgan fingerprint density at radius 1 is 1.70 bits per heavy atom. The number of rotatable bonds is 4. The van der Waals surface area contributed by atoms with Crippen LogP contribution < -0.4 is 0 Å². The van der Waals surface area contributed by atoms with E-state index in [0.29, 0.717) is 5.92 Å². The molecule has 0 aliphatic heterocycles. The lowest BCUT2D eigenvalue weighted by atomic mass is 9.89. The van der Waals surface area contributed by atoms with Crippen molar-refractivity contribution in [1.29, 1.82) is 0 Å². The second-order valence-electron chi connectivity index (χ2n) is 2.72. The molecule has 1 nitrogen and oxygen atoms in total. The second-order valence-corrected chi connectivity index (χ2v) is 2.72. The molecule has 0 aromatic rings. The average Bonchev–Trinajstić information content (AvgIpc) is 1.88. The predicted molar refractivity (Wildman–Crippen MR) is 43.8 cm³/mol. The number of Topliss-reactive ketones (excluding diaryl/α,β-unsaturated/α-hetero) is 1. The van der Waals surface area contributed by atoms with E-state index in [1.807, 2.05) is 19.9 Å². The highest BCUT2D eigenvalue weighted by molar-refractivity contribution is 5.78. The van der Waals surface area contributed by atoms with Gasteiger partial charge < -0.3 is 0 Å². The Morgan fingerprint density at radius 3 is 2.30 bits per heavy atom. The highest BCUT2D eigenvalue weighted by atomic mass is 16.1. The van der Waals surface area contributed by atoms with Gasteiger partial charge in [-0.25, -0.2) is 0 Å². The first-order valence-electron chi connectivity index (χ1n) is 3.76. The van der Waals surface area contributed by atoms with E-state index in [0.717, 1.165) is 6.42 Å². The topological polar surface area (TPSA) is 17.1 Å². The number of allylic oxidation sites excluding steroid dienone is 1. The number of carbonyl (C=O) groups excluding carboxylic acids is 1. The van der Waals surface area contributed by atoms with Crippen LogP contribution in [0.15, 0.2) is 12.7 Å². The zero-order valence-electron chi connectivity index (χ0n) is 7.05. The lowest BCUT2D eigenvalue weighted by Crippen LogP contribution is -2.16. The predicted octanol–water partition coefficient (Wildman–Crippen LogP) is 2.42. The molecule has 0 bridgehead atoms. The van der Waals surface area contributed by atoms with Gasteiger partial charge in [-0.15, -0.1) is 6.58 Å². The smallest absolute Gasteiger partial charge is 0.133 e. The summed E-state index contributed by atoms with van der Waals surface area (Å²) >= 11 is 0. The summed E-state index contributed by atoms with van der Waals surface area (Å²) in [6.45, 7) is 9.37. The molecule has 0 spiro atoms. The fourth-order valence-electron chi connectivity index (χ4n) is 1.19. The van der Waals surface area contributed by atoms with Gasteiger partial charge in [0.05, 0.1) is 0 Å². The van der Waals surface area contributed by atoms with Gasteiger partial charge in [0.15, 0.2) is 0 Å². The largest absolute Gasteiger partial charge is 0.300 e. The monoisotopic (exact) mass is 140 g/mol. The molecule has 0 aromatic heterocycles. The summed E-state index contributed by atoms with van der Waals surface area (Å²) in [5.74, 6) is 0.773. The van der Waals surface area contributed by atoms with Crippen molar-refractivity contribution in [3.63, 3.8) is 0 Å². The quantitative estimate of drug-likeness (QED) is 0.548. The molecule has 0 aromatic carbocycles. The van der Waals surface area contributed by atoms with Crippen LogP contribution in [0.2, 0.25) is 0 Å². The minimum atomic E-state index is 0.178. The van der Waals surface area contributed by atoms with Gasteiger partial charge in [0.25, 0.3) is 0 Å². The van der Waals surface area contributed by atoms with Crippen LogP contribution in [0.25, 0.3) is 0 Å². The lowest BCUT2D eigenvalue weighted by Gasteiger charge is -2.15. The molecule has 0 amide bonds. The van der Waals surface area contributed by atoms with Gasteiger partial charge in [0, 0.05) is 5.92 Å². The van der Waals surface area contributed by atoms with E-state index in [1.165, 1.54) is 0 Å². The molecule has 0 N–H and O–H groups in total. The molecule has 0 radical (unpaired) electrons. The first kappa shape index (κ1) is 9.41. The van der Waals surface area contributed by atoms with Crippen LogP contribution in [-0.4, -0.2) is 5.78 Å². The fourth-order valence-corrected chi connectivity index (χ4v) is 1.19. The number of hydrogen-bond donors (Lipinski definition) is 0. The molecule has 0 saturated heterocycles. The third-order valence-corrected chi connectivity index (χ3v) is 1.97. The summed E-state index contributed by atoms with van der Waals surface area (Å²) in [5.41, 5.74) is 0. The SMILES string of the molecule is C=C[C@H](C)[C@@H](CC)C(C)=O. The maximum atomic E-state index is 10.9. The van der Waals surface area contributed by atoms with Gasteiger partial charge in [-0.05, 0) is 19.3 Å². The molecule has 58 valence electrons. The van der Waals surface area contributed by atoms with E-state index in [4.69, 9.17) is 0 Å². The average molecular weight is 140 g/mol. The van der Waals surface area contributed by atoms with E-state index in [9.17, 15) is 4.79 Å². The zero-order valence-corrected chi connectivity index (χ0v) is 7.05. The summed E-state index contributed by atoms with van der Waals surface area (Å²) in [6.07, 6.45) is 2.76. The Morgan fingerprint density at radius 2 is 2.20 bits per heavy atom. The van der Waals surface area contributed by atoms with Crippen molar-refractivity contribution >= 4 is 5.78 Å². The van der Waals surface area contributed by atoms with Gasteiger partial charge >= 0.3 is 0 Å². The third-order valence-electron chi connectivity index (χ3n) is 1.97. The Balaban J connectivity index is 4.05. The van der Waals surface area contributed by atoms with Crippen LogP contribution >= 0.6 is 0 Å². The van der Waals surface area contributed by atoms with Gasteiger partial charge in [0.2, 0.25) is 0 Å². The Hall–Kier alpha value is -0.590. The van der Waals surface area contributed by atoms with Crippen molar-refractivity contribution in [3.05, 3.63) is 12.7 Å². The van der Waals surface area contributed by atoms with E-state index < -0.39 is 0 Å². The molecule has 0 rings (SSSR count). The molecule has 2 atom stereocenters. The second kappa shape index (κ2) is 4.26. The molecule has 0 saturated carbocycles. The minimum Gasteiger partial charge on any atom is -0.300 e. The van der Waals surface area contributed by atoms with Gasteiger partial charge in [-0.2, -0.15) is 0 Å². The molecule has 0 unspecified atom stereocenters. The van der Waals surface area contributed by atoms with Gasteiger partial charge in [0.1, 0.15) is 5.78 Å².